The van der Waals surface area contributed by atoms with Gasteiger partial charge in [-0.05, 0) is 25.7 Å². The number of nitrogens with zero attached hydrogens (tertiary/aromatic N) is 1. The molecule has 0 bridgehead atoms. The number of ether oxygens (including phenoxy) is 1. The van der Waals surface area contributed by atoms with Crippen LogP contribution in [0, 0.1) is 0 Å². The van der Waals surface area contributed by atoms with E-state index in [1.54, 1.807) is 0 Å². The summed E-state index contributed by atoms with van der Waals surface area (Å²) in [6.07, 6.45) is 5.04. The number of carboxylic acid groups (broad SMARTS) is 1. The fourth-order valence-electron chi connectivity index (χ4n) is 2.18. The Labute approximate surface area is 112 Å². The monoisotopic (exact) mass is 271 g/mol. The van der Waals surface area contributed by atoms with E-state index >= 15 is 0 Å². The van der Waals surface area contributed by atoms with Gasteiger partial charge in [0.15, 0.2) is 0 Å². The lowest BCUT2D eigenvalue weighted by Gasteiger charge is -2.22. The van der Waals surface area contributed by atoms with Gasteiger partial charge in [0.1, 0.15) is 0 Å². The number of carbonyl (C=O) groups is 2. The summed E-state index contributed by atoms with van der Waals surface area (Å²) in [4.78, 5) is 23.1. The minimum atomic E-state index is -0.986. The van der Waals surface area contributed by atoms with Crippen LogP contribution in [-0.4, -0.2) is 53.0 Å². The molecule has 1 heterocycles. The van der Waals surface area contributed by atoms with E-state index in [2.05, 4.69) is 4.74 Å². The molecule has 1 amide bonds. The Kier molecular flexibility index (Phi) is 6.35. The molecule has 1 saturated heterocycles. The number of allylic oxidation sites excluding steroid dienone is 1. The van der Waals surface area contributed by atoms with Crippen molar-refractivity contribution < 1.29 is 24.5 Å². The van der Waals surface area contributed by atoms with Crippen LogP contribution >= 0.6 is 0 Å². The molecule has 2 N–H and O–H groups in total. The van der Waals surface area contributed by atoms with E-state index in [9.17, 15) is 14.7 Å². The Hall–Kier alpha value is -1.56. The third-order valence-corrected chi connectivity index (χ3v) is 3.28. The minimum absolute atomic E-state index is 0.225. The van der Waals surface area contributed by atoms with E-state index in [0.717, 1.165) is 6.42 Å². The van der Waals surface area contributed by atoms with E-state index in [1.807, 2.05) is 12.2 Å². The molecule has 1 fully saturated rings. The van der Waals surface area contributed by atoms with Crippen molar-refractivity contribution in [2.24, 2.45) is 0 Å². The van der Waals surface area contributed by atoms with Crippen LogP contribution in [-0.2, 0) is 9.53 Å². The van der Waals surface area contributed by atoms with E-state index in [0.29, 0.717) is 32.2 Å². The van der Waals surface area contributed by atoms with Gasteiger partial charge >= 0.3 is 12.1 Å². The molecule has 2 atom stereocenters. The van der Waals surface area contributed by atoms with Gasteiger partial charge in [-0.2, -0.15) is 0 Å². The van der Waals surface area contributed by atoms with Crippen molar-refractivity contribution in [3.63, 3.8) is 0 Å². The zero-order valence-electron chi connectivity index (χ0n) is 11.1. The summed E-state index contributed by atoms with van der Waals surface area (Å²) >= 11 is 0. The number of aliphatic hydroxyl groups is 1. The first-order valence-corrected chi connectivity index (χ1v) is 6.45. The molecule has 0 aliphatic carbocycles. The predicted octanol–water partition coefficient (Wildman–Crippen LogP) is 1.39. The quantitative estimate of drug-likeness (QED) is 0.433. The molecule has 1 aliphatic rings. The van der Waals surface area contributed by atoms with Gasteiger partial charge in [0.2, 0.25) is 0 Å². The third-order valence-electron chi connectivity index (χ3n) is 3.28. The van der Waals surface area contributed by atoms with E-state index in [1.165, 1.54) is 12.0 Å². The Morgan fingerprint density at radius 1 is 1.42 bits per heavy atom. The fraction of sp³-hybridized carbons (Fsp3) is 0.692. The number of aliphatic hydroxyl groups excluding tert-OH is 1. The molecule has 6 heteroatoms. The average molecular weight is 271 g/mol. The fourth-order valence-corrected chi connectivity index (χ4v) is 2.18. The number of unbranched alkanes of at least 4 members (excludes halogenated alkanes) is 1. The Bertz CT molecular complexity index is 342. The molecule has 0 radical (unpaired) electrons. The first-order chi connectivity index (χ1) is 9.06. The second-order valence-electron chi connectivity index (χ2n) is 4.57. The highest BCUT2D eigenvalue weighted by molar-refractivity contribution is 5.69. The Morgan fingerprint density at radius 2 is 2.16 bits per heavy atom. The molecule has 0 saturated carbocycles. The normalized spacial score (nSPS) is 22.9. The second-order valence-corrected chi connectivity index (χ2v) is 4.57. The molecule has 0 aromatic carbocycles. The van der Waals surface area contributed by atoms with Crippen LogP contribution < -0.4 is 0 Å². The number of methoxy groups -OCH3 is 1. The first-order valence-electron chi connectivity index (χ1n) is 6.45. The van der Waals surface area contributed by atoms with Gasteiger partial charge in [0.05, 0.1) is 19.3 Å². The van der Waals surface area contributed by atoms with Crippen LogP contribution in [0.3, 0.4) is 0 Å². The van der Waals surface area contributed by atoms with Crippen molar-refractivity contribution in [1.29, 1.82) is 0 Å². The average Bonchev–Trinajstić information content (AvgIpc) is 2.75. The van der Waals surface area contributed by atoms with Crippen molar-refractivity contribution in [3.05, 3.63) is 12.2 Å². The highest BCUT2D eigenvalue weighted by atomic mass is 16.5. The van der Waals surface area contributed by atoms with Crippen molar-refractivity contribution in [3.8, 4) is 0 Å². The number of likely N-dealkylation sites (tertiary alicyclic amines) is 1. The maximum Gasteiger partial charge on any atom is 0.407 e. The standard InChI is InChI=1S/C13H21NO5/c1-19-12(16)7-5-3-2-4-6-10-11(15)8-9-14(10)13(17)18/h2,4,10-11,15H,3,5-9H2,1H3,(H,17,18)/t10-,11?/m1/s1. The molecule has 108 valence electrons. The van der Waals surface area contributed by atoms with Crippen molar-refractivity contribution in [2.75, 3.05) is 13.7 Å². The maximum atomic E-state index is 10.9. The lowest BCUT2D eigenvalue weighted by atomic mass is 10.1. The van der Waals surface area contributed by atoms with Crippen LogP contribution in [0.25, 0.3) is 0 Å². The summed E-state index contributed by atoms with van der Waals surface area (Å²) < 4.78 is 4.52. The van der Waals surface area contributed by atoms with E-state index in [-0.39, 0.29) is 12.0 Å². The van der Waals surface area contributed by atoms with Gasteiger partial charge in [0, 0.05) is 13.0 Å². The molecule has 0 spiro atoms. The SMILES string of the molecule is COC(=O)CCCC=CC[C@@H]1C(O)CCN1C(=O)O. The molecule has 6 nitrogen and oxygen atoms in total. The Morgan fingerprint density at radius 3 is 2.79 bits per heavy atom. The lowest BCUT2D eigenvalue weighted by Crippen LogP contribution is -2.38. The van der Waals surface area contributed by atoms with Gasteiger partial charge in [-0.1, -0.05) is 12.2 Å². The van der Waals surface area contributed by atoms with Gasteiger partial charge in [0.25, 0.3) is 0 Å². The maximum absolute atomic E-state index is 10.9. The van der Waals surface area contributed by atoms with Crippen molar-refractivity contribution in [2.45, 2.75) is 44.2 Å². The van der Waals surface area contributed by atoms with Crippen molar-refractivity contribution >= 4 is 12.1 Å². The molecular weight excluding hydrogens is 250 g/mol. The summed E-state index contributed by atoms with van der Waals surface area (Å²) in [6.45, 7) is 0.386. The molecule has 19 heavy (non-hydrogen) atoms. The number of hydrogen-bond donors (Lipinski definition) is 2. The second kappa shape index (κ2) is 7.78. The van der Waals surface area contributed by atoms with Crippen LogP contribution in [0.4, 0.5) is 4.79 Å². The molecule has 1 rings (SSSR count). The number of rotatable bonds is 6. The van der Waals surface area contributed by atoms with E-state index < -0.39 is 12.2 Å². The first kappa shape index (κ1) is 15.5. The van der Waals surface area contributed by atoms with Gasteiger partial charge in [-0.25, -0.2) is 4.79 Å². The molecule has 1 aliphatic heterocycles. The molecule has 1 unspecified atom stereocenters. The molecule has 0 aromatic rings. The highest BCUT2D eigenvalue weighted by Gasteiger charge is 2.34. The van der Waals surface area contributed by atoms with Crippen molar-refractivity contribution in [1.82, 2.24) is 4.90 Å². The summed E-state index contributed by atoms with van der Waals surface area (Å²) in [7, 11) is 1.36. The topological polar surface area (TPSA) is 87.1 Å². The number of carbonyl (C=O) groups excluding carboxylic acids is 1. The highest BCUT2D eigenvalue weighted by Crippen LogP contribution is 2.21. The summed E-state index contributed by atoms with van der Waals surface area (Å²) in [6, 6.07) is -0.352. The minimum Gasteiger partial charge on any atom is -0.469 e. The third kappa shape index (κ3) is 4.90. The lowest BCUT2D eigenvalue weighted by molar-refractivity contribution is -0.140. The van der Waals surface area contributed by atoms with Gasteiger partial charge in [-0.3, -0.25) is 4.79 Å². The zero-order valence-corrected chi connectivity index (χ0v) is 11.1. The van der Waals surface area contributed by atoms with Crippen LogP contribution in [0.5, 0.6) is 0 Å². The molecular formula is C13H21NO5. The predicted molar refractivity (Wildman–Crippen MR) is 68.8 cm³/mol. The molecule has 0 aromatic heterocycles. The number of hydrogen-bond acceptors (Lipinski definition) is 4. The van der Waals surface area contributed by atoms with Gasteiger partial charge in [-0.15, -0.1) is 0 Å². The van der Waals surface area contributed by atoms with Crippen LogP contribution in [0.1, 0.15) is 32.1 Å². The van der Waals surface area contributed by atoms with Crippen LogP contribution in [0.2, 0.25) is 0 Å². The van der Waals surface area contributed by atoms with E-state index in [4.69, 9.17) is 5.11 Å². The number of esters is 1. The Balaban J connectivity index is 2.26. The number of amides is 1. The van der Waals surface area contributed by atoms with Crippen LogP contribution in [0.15, 0.2) is 12.2 Å². The largest absolute Gasteiger partial charge is 0.469 e. The zero-order chi connectivity index (χ0) is 14.3. The smallest absolute Gasteiger partial charge is 0.407 e. The summed E-state index contributed by atoms with van der Waals surface area (Å²) in [5.41, 5.74) is 0. The van der Waals surface area contributed by atoms with Gasteiger partial charge < -0.3 is 19.8 Å². The summed E-state index contributed by atoms with van der Waals surface area (Å²) in [5, 5.41) is 18.7. The summed E-state index contributed by atoms with van der Waals surface area (Å²) in [5.74, 6) is -0.225.